The Kier molecular flexibility index (Phi) is 6.48. The van der Waals surface area contributed by atoms with Gasteiger partial charge in [-0.25, -0.2) is 4.79 Å². The molecule has 0 fully saturated rings. The van der Waals surface area contributed by atoms with Gasteiger partial charge in [0.15, 0.2) is 0 Å². The highest BCUT2D eigenvalue weighted by Gasteiger charge is 2.16. The normalized spacial score (nSPS) is 10.4. The van der Waals surface area contributed by atoms with Crippen molar-refractivity contribution in [2.45, 2.75) is 13.5 Å². The molecule has 0 aliphatic rings. The minimum atomic E-state index is -0.731. The number of aromatic amines is 1. The Labute approximate surface area is 170 Å². The maximum absolute atomic E-state index is 12.6. The van der Waals surface area contributed by atoms with Gasteiger partial charge in [0.2, 0.25) is 5.91 Å². The number of carbonyl (C=O) groups is 2. The number of rotatable bonds is 8. The first-order valence-corrected chi connectivity index (χ1v) is 9.07. The lowest BCUT2D eigenvalue weighted by atomic mass is 10.2. The zero-order valence-corrected chi connectivity index (χ0v) is 16.1. The summed E-state index contributed by atoms with van der Waals surface area (Å²) in [5.74, 6) is 0.170. The summed E-state index contributed by atoms with van der Waals surface area (Å²) in [6.07, 6.45) is 2.51. The molecule has 3 N–H and O–H groups in total. The number of anilines is 1. The van der Waals surface area contributed by atoms with Crippen molar-refractivity contribution in [1.29, 1.82) is 0 Å². The molecule has 0 saturated heterocycles. The van der Waals surface area contributed by atoms with Crippen molar-refractivity contribution in [1.82, 2.24) is 14.9 Å². The fourth-order valence-corrected chi connectivity index (χ4v) is 2.60. The van der Waals surface area contributed by atoms with E-state index in [4.69, 9.17) is 9.15 Å². The van der Waals surface area contributed by atoms with Crippen LogP contribution in [0.1, 0.15) is 23.0 Å². The van der Waals surface area contributed by atoms with Crippen molar-refractivity contribution in [3.05, 3.63) is 81.0 Å². The summed E-state index contributed by atoms with van der Waals surface area (Å²) in [5.41, 5.74) is -1.14. The highest BCUT2D eigenvalue weighted by Crippen LogP contribution is 2.16. The zero-order valence-electron chi connectivity index (χ0n) is 16.1. The van der Waals surface area contributed by atoms with E-state index in [1.165, 1.54) is 13.2 Å². The quantitative estimate of drug-likeness (QED) is 0.471. The van der Waals surface area contributed by atoms with Gasteiger partial charge in [0, 0.05) is 18.8 Å². The molecule has 0 radical (unpaired) electrons. The first kappa shape index (κ1) is 20.6. The molecular formula is C20H20N4O6. The van der Waals surface area contributed by atoms with Crippen molar-refractivity contribution in [3.8, 4) is 5.75 Å². The molecule has 2 amide bonds. The highest BCUT2D eigenvalue weighted by atomic mass is 16.5. The number of ether oxygens (including phenoxy) is 1. The molecule has 0 unspecified atom stereocenters. The van der Waals surface area contributed by atoms with Crippen LogP contribution >= 0.6 is 0 Å². The second-order valence-corrected chi connectivity index (χ2v) is 6.29. The fourth-order valence-electron chi connectivity index (χ4n) is 2.60. The molecule has 30 heavy (non-hydrogen) atoms. The van der Waals surface area contributed by atoms with Gasteiger partial charge in [-0.05, 0) is 36.4 Å². The van der Waals surface area contributed by atoms with E-state index in [-0.39, 0.29) is 18.0 Å². The van der Waals surface area contributed by atoms with Crippen molar-refractivity contribution < 1.29 is 18.7 Å². The van der Waals surface area contributed by atoms with Crippen molar-refractivity contribution in [3.63, 3.8) is 0 Å². The summed E-state index contributed by atoms with van der Waals surface area (Å²) in [7, 11) is 0. The maximum atomic E-state index is 12.6. The Balaban J connectivity index is 1.66. The molecule has 1 aromatic carbocycles. The molecule has 0 spiro atoms. The van der Waals surface area contributed by atoms with Crippen LogP contribution in [0, 0.1) is 0 Å². The number of H-pyrrole nitrogens is 1. The van der Waals surface area contributed by atoms with E-state index in [0.29, 0.717) is 30.3 Å². The van der Waals surface area contributed by atoms with Crippen LogP contribution in [0.3, 0.4) is 0 Å². The van der Waals surface area contributed by atoms with Crippen LogP contribution in [-0.4, -0.2) is 34.5 Å². The lowest BCUT2D eigenvalue weighted by Gasteiger charge is -2.09. The third-order valence-corrected chi connectivity index (χ3v) is 4.06. The first-order chi connectivity index (χ1) is 14.4. The number of nitrogens with zero attached hydrogens (tertiary/aromatic N) is 1. The van der Waals surface area contributed by atoms with Crippen molar-refractivity contribution >= 4 is 17.5 Å². The summed E-state index contributed by atoms with van der Waals surface area (Å²) in [6, 6.07) is 9.77. The molecule has 0 aliphatic carbocycles. The van der Waals surface area contributed by atoms with Gasteiger partial charge in [0.1, 0.15) is 23.7 Å². The minimum absolute atomic E-state index is 0.0905. The van der Waals surface area contributed by atoms with E-state index in [2.05, 4.69) is 15.6 Å². The van der Waals surface area contributed by atoms with Crippen LogP contribution < -0.4 is 26.6 Å². The van der Waals surface area contributed by atoms with Gasteiger partial charge in [0.25, 0.3) is 11.5 Å². The molecular weight excluding hydrogens is 392 g/mol. The lowest BCUT2D eigenvalue weighted by molar-refractivity contribution is -0.119. The lowest BCUT2D eigenvalue weighted by Crippen LogP contribution is -2.39. The van der Waals surface area contributed by atoms with E-state index < -0.39 is 17.2 Å². The summed E-state index contributed by atoms with van der Waals surface area (Å²) in [4.78, 5) is 50.3. The average molecular weight is 412 g/mol. The molecule has 0 aliphatic heterocycles. The Morgan fingerprint density at radius 1 is 1.17 bits per heavy atom. The van der Waals surface area contributed by atoms with E-state index in [0.717, 1.165) is 10.8 Å². The van der Waals surface area contributed by atoms with Gasteiger partial charge in [-0.3, -0.25) is 19.0 Å². The predicted octanol–water partition coefficient (Wildman–Crippen LogP) is 0.945. The van der Waals surface area contributed by atoms with E-state index in [1.54, 1.807) is 36.4 Å². The predicted molar refractivity (Wildman–Crippen MR) is 108 cm³/mol. The Morgan fingerprint density at radius 3 is 2.60 bits per heavy atom. The zero-order chi connectivity index (χ0) is 21.5. The van der Waals surface area contributed by atoms with Crippen LogP contribution in [-0.2, 0) is 11.3 Å². The van der Waals surface area contributed by atoms with Crippen LogP contribution in [0.2, 0.25) is 0 Å². The van der Waals surface area contributed by atoms with Gasteiger partial charge in [-0.2, -0.15) is 0 Å². The molecule has 10 nitrogen and oxygen atoms in total. The first-order valence-electron chi connectivity index (χ1n) is 9.07. The molecule has 0 bridgehead atoms. The molecule has 0 atom stereocenters. The van der Waals surface area contributed by atoms with Crippen molar-refractivity contribution in [2.75, 3.05) is 18.5 Å². The number of hydrogen-bond acceptors (Lipinski definition) is 6. The number of carbonyl (C=O) groups excluding carboxylic acids is 2. The third kappa shape index (κ3) is 5.25. The average Bonchev–Trinajstić information content (AvgIpc) is 3.23. The second-order valence-electron chi connectivity index (χ2n) is 6.29. The van der Waals surface area contributed by atoms with Gasteiger partial charge in [-0.15, -0.1) is 0 Å². The fraction of sp³-hybridized carbons (Fsp3) is 0.200. The second kappa shape index (κ2) is 9.41. The van der Waals surface area contributed by atoms with Gasteiger partial charge < -0.3 is 24.8 Å². The van der Waals surface area contributed by atoms with Gasteiger partial charge in [0.05, 0.1) is 19.4 Å². The Bertz CT molecular complexity index is 1130. The van der Waals surface area contributed by atoms with Crippen LogP contribution in [0.4, 0.5) is 5.69 Å². The molecule has 3 aromatic rings. The van der Waals surface area contributed by atoms with Gasteiger partial charge in [-0.1, -0.05) is 0 Å². The Hall–Kier alpha value is -4.08. The van der Waals surface area contributed by atoms with Gasteiger partial charge >= 0.3 is 5.69 Å². The summed E-state index contributed by atoms with van der Waals surface area (Å²) in [6.45, 7) is 2.01. The minimum Gasteiger partial charge on any atom is -0.492 e. The van der Waals surface area contributed by atoms with E-state index in [9.17, 15) is 19.2 Å². The molecule has 0 saturated carbocycles. The SMILES string of the molecule is CC(=O)NCCOc1ccc(NC(=O)c2c[nH]c(=O)n(Cc3ccco3)c2=O)cc1. The number of hydrogen-bond donors (Lipinski definition) is 3. The highest BCUT2D eigenvalue weighted by molar-refractivity contribution is 6.03. The molecule has 156 valence electrons. The summed E-state index contributed by atoms with van der Waals surface area (Å²) < 4.78 is 11.5. The monoisotopic (exact) mass is 412 g/mol. The standard InChI is InChI=1S/C20H20N4O6/c1-13(25)21-8-10-30-15-6-4-14(5-7-15)23-18(26)17-11-22-20(28)24(19(17)27)12-16-3-2-9-29-16/h2-7,9,11H,8,10,12H2,1H3,(H,21,25)(H,22,28)(H,23,26). The number of furan rings is 1. The number of benzene rings is 1. The van der Waals surface area contributed by atoms with E-state index in [1.807, 2.05) is 0 Å². The molecule has 10 heteroatoms. The molecule has 2 aromatic heterocycles. The smallest absolute Gasteiger partial charge is 0.328 e. The summed E-state index contributed by atoms with van der Waals surface area (Å²) in [5, 5.41) is 5.22. The molecule has 3 rings (SSSR count). The van der Waals surface area contributed by atoms with Crippen LogP contribution in [0.25, 0.3) is 0 Å². The van der Waals surface area contributed by atoms with Crippen LogP contribution in [0.15, 0.2) is 62.9 Å². The number of nitrogens with one attached hydrogen (secondary N) is 3. The largest absolute Gasteiger partial charge is 0.492 e. The Morgan fingerprint density at radius 2 is 1.93 bits per heavy atom. The molecule has 2 heterocycles. The number of amides is 2. The van der Waals surface area contributed by atoms with Crippen molar-refractivity contribution in [2.24, 2.45) is 0 Å². The third-order valence-electron chi connectivity index (χ3n) is 4.06. The topological polar surface area (TPSA) is 135 Å². The van der Waals surface area contributed by atoms with Crippen LogP contribution in [0.5, 0.6) is 5.75 Å². The summed E-state index contributed by atoms with van der Waals surface area (Å²) >= 11 is 0. The van der Waals surface area contributed by atoms with E-state index >= 15 is 0 Å². The number of aromatic nitrogens is 2. The maximum Gasteiger partial charge on any atom is 0.328 e.